The maximum atomic E-state index is 4.83. The number of hydrogen-bond donors (Lipinski definition) is 0. The largest absolute Gasteiger partial charge is 0.255 e. The summed E-state index contributed by atoms with van der Waals surface area (Å²) in [4.78, 5) is 9.98. The molecule has 0 saturated heterocycles. The van der Waals surface area contributed by atoms with Crippen molar-refractivity contribution in [3.63, 3.8) is 0 Å². The fourth-order valence-electron chi connectivity index (χ4n) is 3.31. The molecule has 0 atom stereocenters. The lowest BCUT2D eigenvalue weighted by molar-refractivity contribution is 0.854. The minimum atomic E-state index is 0.797. The van der Waals surface area contributed by atoms with Crippen molar-refractivity contribution < 1.29 is 0 Å². The molecule has 2 aromatic heterocycles. The normalized spacial score (nSPS) is 12.1. The van der Waals surface area contributed by atoms with Gasteiger partial charge in [-0.15, -0.1) is 11.3 Å². The lowest BCUT2D eigenvalue weighted by atomic mass is 10.0. The van der Waals surface area contributed by atoms with Gasteiger partial charge in [-0.2, -0.15) is 5.10 Å². The van der Waals surface area contributed by atoms with Crippen LogP contribution in [-0.4, -0.2) is 15.9 Å². The summed E-state index contributed by atoms with van der Waals surface area (Å²) in [6.07, 6.45) is 3.53. The van der Waals surface area contributed by atoms with Gasteiger partial charge >= 0.3 is 0 Å². The molecule has 0 spiro atoms. The van der Waals surface area contributed by atoms with E-state index in [1.807, 2.05) is 53.2 Å². The number of aromatic nitrogens is 2. The van der Waals surface area contributed by atoms with E-state index in [9.17, 15) is 0 Å². The molecule has 0 radical (unpaired) electrons. The molecule has 5 aromatic rings. The lowest BCUT2D eigenvalue weighted by Gasteiger charge is -2.07. The molecular weight excluding hydrogens is 388 g/mol. The van der Waals surface area contributed by atoms with Crippen LogP contribution in [0.15, 0.2) is 113 Å². The van der Waals surface area contributed by atoms with Crippen LogP contribution in [0.3, 0.4) is 0 Å². The van der Waals surface area contributed by atoms with E-state index in [2.05, 4.69) is 52.8 Å². The fraction of sp³-hybridized carbons (Fsp3) is 0. The molecule has 0 aliphatic heterocycles. The van der Waals surface area contributed by atoms with E-state index >= 15 is 0 Å². The predicted molar refractivity (Wildman–Crippen MR) is 124 cm³/mol. The van der Waals surface area contributed by atoms with E-state index < -0.39 is 0 Å². The highest BCUT2D eigenvalue weighted by molar-refractivity contribution is 7.07. The van der Waals surface area contributed by atoms with Gasteiger partial charge in [-0.25, -0.2) is 9.67 Å². The highest BCUT2D eigenvalue weighted by Gasteiger charge is 2.11. The molecule has 5 heteroatoms. The first-order valence-corrected chi connectivity index (χ1v) is 10.5. The SMILES string of the molecule is C(=Nn1c(-c2cccc3ccccc23)csc1=Nc1ccccc1)c1ccccn1. The predicted octanol–water partition coefficient (Wildman–Crippen LogP) is 5.88. The minimum absolute atomic E-state index is 0.797. The van der Waals surface area contributed by atoms with Crippen molar-refractivity contribution in [3.8, 4) is 11.3 Å². The summed E-state index contributed by atoms with van der Waals surface area (Å²) in [6, 6.07) is 30.4. The average Bonchev–Trinajstić information content (AvgIpc) is 3.20. The molecule has 4 nitrogen and oxygen atoms in total. The molecular formula is C25H18N4S. The average molecular weight is 407 g/mol. The first kappa shape index (κ1) is 18.2. The van der Waals surface area contributed by atoms with Gasteiger partial charge in [-0.1, -0.05) is 66.7 Å². The van der Waals surface area contributed by atoms with Crippen molar-refractivity contribution in [1.82, 2.24) is 9.66 Å². The second-order valence-electron chi connectivity index (χ2n) is 6.69. The number of fused-ring (bicyclic) bond motifs is 1. The van der Waals surface area contributed by atoms with Crippen LogP contribution in [0.4, 0.5) is 5.69 Å². The van der Waals surface area contributed by atoms with E-state index in [0.717, 1.165) is 27.4 Å². The van der Waals surface area contributed by atoms with Gasteiger partial charge in [0.05, 0.1) is 23.3 Å². The molecule has 0 fully saturated rings. The van der Waals surface area contributed by atoms with Crippen molar-refractivity contribution in [3.05, 3.63) is 113 Å². The molecule has 0 aliphatic rings. The maximum absolute atomic E-state index is 4.83. The van der Waals surface area contributed by atoms with Gasteiger partial charge in [0.2, 0.25) is 4.80 Å². The van der Waals surface area contributed by atoms with E-state index in [0.29, 0.717) is 0 Å². The van der Waals surface area contributed by atoms with Crippen molar-refractivity contribution >= 4 is 34.0 Å². The molecule has 0 bridgehead atoms. The van der Waals surface area contributed by atoms with Gasteiger partial charge in [0.25, 0.3) is 0 Å². The number of nitrogens with zero attached hydrogens (tertiary/aromatic N) is 4. The third-order valence-corrected chi connectivity index (χ3v) is 5.54. The molecule has 0 aliphatic carbocycles. The third kappa shape index (κ3) is 3.71. The van der Waals surface area contributed by atoms with E-state index in [1.165, 1.54) is 10.8 Å². The van der Waals surface area contributed by atoms with Crippen molar-refractivity contribution in [1.29, 1.82) is 0 Å². The van der Waals surface area contributed by atoms with Crippen LogP contribution in [0.25, 0.3) is 22.0 Å². The number of para-hydroxylation sites is 1. The first-order chi connectivity index (χ1) is 14.9. The number of pyridine rings is 1. The van der Waals surface area contributed by atoms with Crippen LogP contribution < -0.4 is 4.80 Å². The van der Waals surface area contributed by atoms with Gasteiger partial charge < -0.3 is 0 Å². The van der Waals surface area contributed by atoms with Crippen molar-refractivity contribution in [2.45, 2.75) is 0 Å². The molecule has 2 heterocycles. The molecule has 0 unspecified atom stereocenters. The van der Waals surface area contributed by atoms with Gasteiger partial charge in [0, 0.05) is 17.1 Å². The molecule has 0 amide bonds. The first-order valence-electron chi connectivity index (χ1n) is 9.62. The summed E-state index contributed by atoms with van der Waals surface area (Å²) in [6.45, 7) is 0. The Balaban J connectivity index is 1.72. The maximum Gasteiger partial charge on any atom is 0.211 e. The van der Waals surface area contributed by atoms with Crippen LogP contribution in [0.5, 0.6) is 0 Å². The van der Waals surface area contributed by atoms with E-state index in [1.54, 1.807) is 23.7 Å². The molecule has 5 rings (SSSR count). The summed E-state index contributed by atoms with van der Waals surface area (Å²) in [7, 11) is 0. The Bertz CT molecular complexity index is 1380. The fourth-order valence-corrected chi connectivity index (χ4v) is 4.15. The molecule has 3 aromatic carbocycles. The van der Waals surface area contributed by atoms with Crippen LogP contribution in [0, 0.1) is 0 Å². The smallest absolute Gasteiger partial charge is 0.211 e. The highest BCUT2D eigenvalue weighted by Crippen LogP contribution is 2.29. The van der Waals surface area contributed by atoms with Crippen LogP contribution >= 0.6 is 11.3 Å². The van der Waals surface area contributed by atoms with Gasteiger partial charge in [0.1, 0.15) is 0 Å². The summed E-state index contributed by atoms with van der Waals surface area (Å²) >= 11 is 1.57. The highest BCUT2D eigenvalue weighted by atomic mass is 32.1. The standard InChI is InChI=1S/C25H18N4S/c1-2-11-20(12-3-1)28-25-29(27-17-21-13-6-7-16-26-21)24(18-30-25)23-15-8-10-19-9-4-5-14-22(19)23/h1-18H. The number of hydrogen-bond acceptors (Lipinski definition) is 4. The third-order valence-electron chi connectivity index (χ3n) is 4.73. The summed E-state index contributed by atoms with van der Waals surface area (Å²) in [5, 5.41) is 9.26. The molecule has 30 heavy (non-hydrogen) atoms. The molecule has 0 saturated carbocycles. The van der Waals surface area contributed by atoms with E-state index in [4.69, 9.17) is 10.1 Å². The number of benzene rings is 3. The van der Waals surface area contributed by atoms with Crippen LogP contribution in [0.1, 0.15) is 5.69 Å². The molecule has 0 N–H and O–H groups in total. The Morgan fingerprint density at radius 2 is 1.60 bits per heavy atom. The zero-order valence-corrected chi connectivity index (χ0v) is 16.9. The van der Waals surface area contributed by atoms with Crippen LogP contribution in [-0.2, 0) is 0 Å². The Kier molecular flexibility index (Phi) is 5.02. The Hall–Kier alpha value is -3.83. The zero-order valence-electron chi connectivity index (χ0n) is 16.1. The van der Waals surface area contributed by atoms with E-state index in [-0.39, 0.29) is 0 Å². The van der Waals surface area contributed by atoms with Crippen LogP contribution in [0.2, 0.25) is 0 Å². The monoisotopic (exact) mass is 406 g/mol. The Labute approximate surface area is 178 Å². The zero-order chi connectivity index (χ0) is 20.2. The number of rotatable bonds is 4. The summed E-state index contributed by atoms with van der Waals surface area (Å²) < 4.78 is 1.90. The minimum Gasteiger partial charge on any atom is -0.255 e. The quantitative estimate of drug-likeness (QED) is 0.344. The lowest BCUT2D eigenvalue weighted by Crippen LogP contribution is -2.11. The molecule has 144 valence electrons. The second kappa shape index (κ2) is 8.27. The summed E-state index contributed by atoms with van der Waals surface area (Å²) in [5.74, 6) is 0. The van der Waals surface area contributed by atoms with Gasteiger partial charge in [-0.3, -0.25) is 4.98 Å². The number of thiazole rings is 1. The summed E-state index contributed by atoms with van der Waals surface area (Å²) in [5.41, 5.74) is 3.81. The topological polar surface area (TPSA) is 42.5 Å². The van der Waals surface area contributed by atoms with Gasteiger partial charge in [0.15, 0.2) is 0 Å². The van der Waals surface area contributed by atoms with Crippen molar-refractivity contribution in [2.24, 2.45) is 10.1 Å². The Morgan fingerprint density at radius 1 is 0.800 bits per heavy atom. The van der Waals surface area contributed by atoms with Gasteiger partial charge in [-0.05, 0) is 35.0 Å². The second-order valence-corrected chi connectivity index (χ2v) is 7.53. The Morgan fingerprint density at radius 3 is 2.47 bits per heavy atom. The van der Waals surface area contributed by atoms with Crippen molar-refractivity contribution in [2.75, 3.05) is 0 Å².